The number of rotatable bonds is 2. The number of hydrogen-bond acceptors (Lipinski definition) is 3. The number of carbonyl (C=O) groups excluding carboxylic acids is 1. The molecule has 0 saturated carbocycles. The number of carbonyl (C=O) groups is 1. The van der Waals surface area contributed by atoms with Gasteiger partial charge >= 0.3 is 0 Å². The van der Waals surface area contributed by atoms with Crippen LogP contribution in [0, 0.1) is 0 Å². The van der Waals surface area contributed by atoms with Crippen LogP contribution in [-0.4, -0.2) is 5.91 Å². The highest BCUT2D eigenvalue weighted by Crippen LogP contribution is 2.14. The smallest absolute Gasteiger partial charge is 0.244 e. The Labute approximate surface area is 64.3 Å². The normalized spacial score (nSPS) is 12.5. The molecular weight excluding hydrogens is 144 g/mol. The summed E-state index contributed by atoms with van der Waals surface area (Å²) in [4.78, 5) is 10.9. The molecule has 1 aromatic heterocycles. The fourth-order valence-electron chi connectivity index (χ4n) is 0.792. The zero-order chi connectivity index (χ0) is 8.27. The summed E-state index contributed by atoms with van der Waals surface area (Å²) in [6.07, 6.45) is 1.52. The topological polar surface area (TPSA) is 68.3 Å². The van der Waals surface area contributed by atoms with Gasteiger partial charge in [0.2, 0.25) is 5.91 Å². The second kappa shape index (κ2) is 3.21. The fourth-order valence-corrected chi connectivity index (χ4v) is 0.792. The zero-order valence-corrected chi connectivity index (χ0v) is 6.20. The first-order valence-electron chi connectivity index (χ1n) is 3.29. The van der Waals surface area contributed by atoms with Crippen molar-refractivity contribution >= 4 is 5.91 Å². The molecule has 1 unspecified atom stereocenters. The summed E-state index contributed by atoms with van der Waals surface area (Å²) in [5, 5.41) is 0. The van der Waals surface area contributed by atoms with Crippen molar-refractivity contribution < 1.29 is 9.21 Å². The van der Waals surface area contributed by atoms with Crippen LogP contribution >= 0.6 is 0 Å². The molecule has 1 heterocycles. The molecule has 3 N–H and O–H groups in total. The summed E-state index contributed by atoms with van der Waals surface area (Å²) in [6, 6.07) is 3.47. The van der Waals surface area contributed by atoms with Crippen LogP contribution in [0.1, 0.15) is 18.6 Å². The first-order chi connectivity index (χ1) is 5.25. The van der Waals surface area contributed by atoms with E-state index in [-0.39, 0.29) is 11.8 Å². The Hall–Kier alpha value is -1.29. The van der Waals surface area contributed by atoms with Gasteiger partial charge in [-0.1, -0.05) is 0 Å². The third-order valence-corrected chi connectivity index (χ3v) is 1.51. The third kappa shape index (κ3) is 1.59. The highest BCUT2D eigenvalue weighted by atomic mass is 16.3. The Bertz CT molecular complexity index is 231. The highest BCUT2D eigenvalue weighted by molar-refractivity contribution is 5.81. The predicted octanol–water partition coefficient (Wildman–Crippen LogP) is 0.373. The second-order valence-electron chi connectivity index (χ2n) is 2.25. The third-order valence-electron chi connectivity index (χ3n) is 1.51. The van der Waals surface area contributed by atoms with Crippen LogP contribution in [-0.2, 0) is 4.79 Å². The lowest BCUT2D eigenvalue weighted by Gasteiger charge is -2.04. The summed E-state index contributed by atoms with van der Waals surface area (Å²) in [7, 11) is 0. The SMILES string of the molecule is CC(C(=O)NN)c1ccco1. The van der Waals surface area contributed by atoms with Gasteiger partial charge in [0, 0.05) is 0 Å². The summed E-state index contributed by atoms with van der Waals surface area (Å²) in [6.45, 7) is 1.72. The minimum absolute atomic E-state index is 0.250. The van der Waals surface area contributed by atoms with E-state index in [1.807, 2.05) is 0 Å². The molecule has 0 spiro atoms. The van der Waals surface area contributed by atoms with Gasteiger partial charge in [-0.3, -0.25) is 10.2 Å². The van der Waals surface area contributed by atoms with Gasteiger partial charge in [-0.2, -0.15) is 0 Å². The summed E-state index contributed by atoms with van der Waals surface area (Å²) in [5.41, 5.74) is 2.05. The molecule has 60 valence electrons. The first-order valence-corrected chi connectivity index (χ1v) is 3.29. The lowest BCUT2D eigenvalue weighted by molar-refractivity contribution is -0.122. The lowest BCUT2D eigenvalue weighted by Crippen LogP contribution is -2.33. The number of amides is 1. The number of hydrogen-bond donors (Lipinski definition) is 2. The highest BCUT2D eigenvalue weighted by Gasteiger charge is 2.15. The average molecular weight is 154 g/mol. The largest absolute Gasteiger partial charge is 0.469 e. The van der Waals surface area contributed by atoms with Crippen LogP contribution in [0.15, 0.2) is 22.8 Å². The van der Waals surface area contributed by atoms with Crippen molar-refractivity contribution in [1.29, 1.82) is 0 Å². The molecule has 1 aromatic rings. The van der Waals surface area contributed by atoms with Crippen molar-refractivity contribution in [3.8, 4) is 0 Å². The van der Waals surface area contributed by atoms with Crippen LogP contribution in [0.3, 0.4) is 0 Å². The van der Waals surface area contributed by atoms with E-state index in [2.05, 4.69) is 5.43 Å². The number of nitrogens with one attached hydrogen (secondary N) is 1. The van der Waals surface area contributed by atoms with Gasteiger partial charge in [0.1, 0.15) is 5.76 Å². The quantitative estimate of drug-likeness (QED) is 0.367. The van der Waals surface area contributed by atoms with Gasteiger partial charge < -0.3 is 4.42 Å². The summed E-state index contributed by atoms with van der Waals surface area (Å²) >= 11 is 0. The van der Waals surface area contributed by atoms with Crippen molar-refractivity contribution in [2.45, 2.75) is 12.8 Å². The summed E-state index contributed by atoms with van der Waals surface area (Å²) < 4.78 is 5.00. The van der Waals surface area contributed by atoms with Crippen LogP contribution in [0.2, 0.25) is 0 Å². The maximum absolute atomic E-state index is 10.9. The van der Waals surface area contributed by atoms with Gasteiger partial charge in [0.15, 0.2) is 0 Å². The molecule has 0 aliphatic carbocycles. The van der Waals surface area contributed by atoms with E-state index in [1.54, 1.807) is 19.1 Å². The van der Waals surface area contributed by atoms with Crippen LogP contribution < -0.4 is 11.3 Å². The van der Waals surface area contributed by atoms with Crippen molar-refractivity contribution in [3.63, 3.8) is 0 Å². The van der Waals surface area contributed by atoms with Gasteiger partial charge in [0.25, 0.3) is 0 Å². The predicted molar refractivity (Wildman–Crippen MR) is 39.5 cm³/mol. The minimum Gasteiger partial charge on any atom is -0.469 e. The molecule has 1 atom stereocenters. The molecule has 0 radical (unpaired) electrons. The lowest BCUT2D eigenvalue weighted by atomic mass is 10.1. The zero-order valence-electron chi connectivity index (χ0n) is 6.20. The Morgan fingerprint density at radius 2 is 2.55 bits per heavy atom. The number of nitrogens with two attached hydrogens (primary N) is 1. The van der Waals surface area contributed by atoms with Crippen molar-refractivity contribution in [2.75, 3.05) is 0 Å². The Morgan fingerprint density at radius 1 is 1.82 bits per heavy atom. The molecule has 0 bridgehead atoms. The molecule has 0 aromatic carbocycles. The standard InChI is InChI=1S/C7H10N2O2/c1-5(7(10)9-8)6-3-2-4-11-6/h2-5H,8H2,1H3,(H,9,10). The van der Waals surface area contributed by atoms with E-state index in [0.717, 1.165) is 0 Å². The molecule has 4 heteroatoms. The van der Waals surface area contributed by atoms with Crippen LogP contribution in [0.4, 0.5) is 0 Å². The molecule has 0 aliphatic rings. The second-order valence-corrected chi connectivity index (χ2v) is 2.25. The monoisotopic (exact) mass is 154 g/mol. The van der Waals surface area contributed by atoms with E-state index in [4.69, 9.17) is 10.3 Å². The minimum atomic E-state index is -0.324. The van der Waals surface area contributed by atoms with E-state index in [1.165, 1.54) is 6.26 Å². The van der Waals surface area contributed by atoms with Gasteiger partial charge in [-0.05, 0) is 19.1 Å². The number of hydrazine groups is 1. The molecule has 4 nitrogen and oxygen atoms in total. The van der Waals surface area contributed by atoms with Crippen LogP contribution in [0.5, 0.6) is 0 Å². The molecule has 11 heavy (non-hydrogen) atoms. The Morgan fingerprint density at radius 3 is 3.00 bits per heavy atom. The van der Waals surface area contributed by atoms with Gasteiger partial charge in [0.05, 0.1) is 12.2 Å². The van der Waals surface area contributed by atoms with E-state index >= 15 is 0 Å². The Balaban J connectivity index is 2.70. The van der Waals surface area contributed by atoms with Crippen LogP contribution in [0.25, 0.3) is 0 Å². The van der Waals surface area contributed by atoms with Crippen molar-refractivity contribution in [2.24, 2.45) is 5.84 Å². The van der Waals surface area contributed by atoms with E-state index in [0.29, 0.717) is 5.76 Å². The molecule has 0 saturated heterocycles. The molecular formula is C7H10N2O2. The average Bonchev–Trinajstić information content (AvgIpc) is 2.53. The Kier molecular flexibility index (Phi) is 2.28. The molecule has 0 fully saturated rings. The van der Waals surface area contributed by atoms with Gasteiger partial charge in [-0.25, -0.2) is 5.84 Å². The van der Waals surface area contributed by atoms with Crippen molar-refractivity contribution in [3.05, 3.63) is 24.2 Å². The van der Waals surface area contributed by atoms with Crippen molar-refractivity contribution in [1.82, 2.24) is 5.43 Å². The van der Waals surface area contributed by atoms with Gasteiger partial charge in [-0.15, -0.1) is 0 Å². The maximum atomic E-state index is 10.9. The fraction of sp³-hybridized carbons (Fsp3) is 0.286. The maximum Gasteiger partial charge on any atom is 0.244 e. The molecule has 1 amide bonds. The molecule has 1 rings (SSSR count). The first kappa shape index (κ1) is 7.81. The summed E-state index contributed by atoms with van der Waals surface area (Å²) in [5.74, 6) is 4.98. The number of furan rings is 1. The molecule has 0 aliphatic heterocycles. The van der Waals surface area contributed by atoms with E-state index in [9.17, 15) is 4.79 Å². The van der Waals surface area contributed by atoms with E-state index < -0.39 is 0 Å².